The van der Waals surface area contributed by atoms with Gasteiger partial charge in [0.2, 0.25) is 0 Å². The zero-order chi connectivity index (χ0) is 11.0. The number of hydrogen-bond donors (Lipinski definition) is 1. The van der Waals surface area contributed by atoms with Gasteiger partial charge in [-0.2, -0.15) is 0 Å². The number of ether oxygens (including phenoxy) is 1. The minimum absolute atomic E-state index is 0.396. The van der Waals surface area contributed by atoms with Crippen LogP contribution in [0.3, 0.4) is 0 Å². The van der Waals surface area contributed by atoms with Crippen molar-refractivity contribution in [2.75, 3.05) is 19.8 Å². The number of nitrogens with one attached hydrogen (secondary N) is 1. The van der Waals surface area contributed by atoms with E-state index >= 15 is 0 Å². The van der Waals surface area contributed by atoms with Crippen molar-refractivity contribution in [1.82, 2.24) is 5.32 Å². The first-order chi connectivity index (χ1) is 6.45. The van der Waals surface area contributed by atoms with E-state index in [1.165, 1.54) is 0 Å². The molecule has 0 bridgehead atoms. The highest BCUT2D eigenvalue weighted by Crippen LogP contribution is 2.17. The molecule has 0 amide bonds. The maximum Gasteiger partial charge on any atom is 0.0480 e. The molecule has 1 unspecified atom stereocenters. The number of rotatable bonds is 7. The molecule has 0 spiro atoms. The van der Waals surface area contributed by atoms with E-state index in [9.17, 15) is 0 Å². The molecule has 2 heteroatoms. The third kappa shape index (κ3) is 10.0. The Kier molecular flexibility index (Phi) is 7.20. The van der Waals surface area contributed by atoms with Crippen LogP contribution in [-0.2, 0) is 4.74 Å². The molecule has 1 N–H and O–H groups in total. The second-order valence-electron chi connectivity index (χ2n) is 5.17. The summed E-state index contributed by atoms with van der Waals surface area (Å²) in [5.74, 6) is 0. The Balaban J connectivity index is 3.21. The lowest BCUT2D eigenvalue weighted by Crippen LogP contribution is -2.27. The van der Waals surface area contributed by atoms with E-state index in [2.05, 4.69) is 39.9 Å². The van der Waals surface area contributed by atoms with Gasteiger partial charge in [0, 0.05) is 19.3 Å². The molecule has 0 aliphatic heterocycles. The van der Waals surface area contributed by atoms with Crippen LogP contribution in [0.1, 0.15) is 47.5 Å². The minimum Gasteiger partial charge on any atom is -0.381 e. The summed E-state index contributed by atoms with van der Waals surface area (Å²) in [5, 5.41) is 3.37. The molecule has 0 aromatic rings. The summed E-state index contributed by atoms with van der Waals surface area (Å²) >= 11 is 0. The van der Waals surface area contributed by atoms with E-state index in [-0.39, 0.29) is 0 Å². The van der Waals surface area contributed by atoms with E-state index in [0.717, 1.165) is 32.6 Å². The van der Waals surface area contributed by atoms with Crippen LogP contribution >= 0.6 is 0 Å². The third-order valence-corrected chi connectivity index (χ3v) is 2.24. The second kappa shape index (κ2) is 7.24. The minimum atomic E-state index is 0.396. The van der Waals surface area contributed by atoms with E-state index in [4.69, 9.17) is 4.74 Å². The van der Waals surface area contributed by atoms with Gasteiger partial charge in [-0.15, -0.1) is 0 Å². The first kappa shape index (κ1) is 13.9. The summed E-state index contributed by atoms with van der Waals surface area (Å²) in [5.41, 5.74) is 0.396. The van der Waals surface area contributed by atoms with Crippen LogP contribution in [0.25, 0.3) is 0 Å². The van der Waals surface area contributed by atoms with Gasteiger partial charge in [0.15, 0.2) is 0 Å². The molecule has 0 radical (unpaired) electrons. The van der Waals surface area contributed by atoms with E-state index < -0.39 is 0 Å². The molecular formula is C12H27NO. The quantitative estimate of drug-likeness (QED) is 0.640. The first-order valence-electron chi connectivity index (χ1n) is 5.77. The Morgan fingerprint density at radius 3 is 2.36 bits per heavy atom. The zero-order valence-electron chi connectivity index (χ0n) is 10.5. The predicted molar refractivity (Wildman–Crippen MR) is 62.6 cm³/mol. The normalized spacial score (nSPS) is 14.4. The van der Waals surface area contributed by atoms with Crippen molar-refractivity contribution < 1.29 is 4.74 Å². The Labute approximate surface area is 89.4 Å². The molecule has 0 saturated heterocycles. The van der Waals surface area contributed by atoms with Gasteiger partial charge in [0.1, 0.15) is 0 Å². The lowest BCUT2D eigenvalue weighted by atomic mass is 9.93. The Morgan fingerprint density at radius 1 is 1.21 bits per heavy atom. The van der Waals surface area contributed by atoms with Crippen LogP contribution in [0, 0.1) is 5.41 Å². The van der Waals surface area contributed by atoms with E-state index in [1.807, 2.05) is 0 Å². The van der Waals surface area contributed by atoms with Crippen LogP contribution in [0.4, 0.5) is 0 Å². The van der Waals surface area contributed by atoms with Crippen LogP contribution < -0.4 is 5.32 Å². The predicted octanol–water partition coefficient (Wildman–Crippen LogP) is 2.83. The second-order valence-corrected chi connectivity index (χ2v) is 5.17. The Hall–Kier alpha value is -0.0800. The van der Waals surface area contributed by atoms with E-state index in [0.29, 0.717) is 11.5 Å². The Morgan fingerprint density at radius 2 is 1.86 bits per heavy atom. The van der Waals surface area contributed by atoms with Gasteiger partial charge in [-0.05, 0) is 31.7 Å². The van der Waals surface area contributed by atoms with Gasteiger partial charge in [-0.1, -0.05) is 27.7 Å². The maximum atomic E-state index is 5.59. The van der Waals surface area contributed by atoms with Gasteiger partial charge in [-0.3, -0.25) is 0 Å². The summed E-state index contributed by atoms with van der Waals surface area (Å²) in [4.78, 5) is 0. The van der Waals surface area contributed by atoms with Crippen molar-refractivity contribution in [3.63, 3.8) is 0 Å². The Bertz CT molecular complexity index is 129. The molecule has 0 fully saturated rings. The summed E-state index contributed by atoms with van der Waals surface area (Å²) in [6, 6.07) is 0.578. The van der Waals surface area contributed by atoms with Crippen molar-refractivity contribution in [3.8, 4) is 0 Å². The average Bonchev–Trinajstić information content (AvgIpc) is 2.02. The van der Waals surface area contributed by atoms with Crippen LogP contribution in [0.2, 0.25) is 0 Å². The standard InChI is InChI=1S/C12H27NO/c1-6-13-11(2)7-9-14-10-8-12(3,4)5/h11,13H,6-10H2,1-5H3. The summed E-state index contributed by atoms with van der Waals surface area (Å²) in [6.45, 7) is 13.9. The molecular weight excluding hydrogens is 174 g/mol. The molecule has 14 heavy (non-hydrogen) atoms. The van der Waals surface area contributed by atoms with Gasteiger partial charge in [0.05, 0.1) is 0 Å². The summed E-state index contributed by atoms with van der Waals surface area (Å²) in [6.07, 6.45) is 2.25. The van der Waals surface area contributed by atoms with Crippen molar-refractivity contribution in [3.05, 3.63) is 0 Å². The topological polar surface area (TPSA) is 21.3 Å². The van der Waals surface area contributed by atoms with E-state index in [1.54, 1.807) is 0 Å². The molecule has 0 aromatic carbocycles. The zero-order valence-corrected chi connectivity index (χ0v) is 10.5. The molecule has 2 nitrogen and oxygen atoms in total. The first-order valence-corrected chi connectivity index (χ1v) is 5.77. The third-order valence-electron chi connectivity index (χ3n) is 2.24. The van der Waals surface area contributed by atoms with Crippen LogP contribution in [-0.4, -0.2) is 25.8 Å². The smallest absolute Gasteiger partial charge is 0.0480 e. The molecule has 0 aliphatic rings. The highest BCUT2D eigenvalue weighted by Gasteiger charge is 2.09. The molecule has 0 saturated carbocycles. The molecule has 86 valence electrons. The molecule has 0 heterocycles. The molecule has 0 rings (SSSR count). The SMILES string of the molecule is CCNC(C)CCOCCC(C)(C)C. The molecule has 0 aromatic heterocycles. The largest absolute Gasteiger partial charge is 0.381 e. The summed E-state index contributed by atoms with van der Waals surface area (Å²) in [7, 11) is 0. The van der Waals surface area contributed by atoms with Gasteiger partial charge < -0.3 is 10.1 Å². The highest BCUT2D eigenvalue weighted by molar-refractivity contribution is 4.61. The fraction of sp³-hybridized carbons (Fsp3) is 1.00. The molecule has 1 atom stereocenters. The van der Waals surface area contributed by atoms with Gasteiger partial charge >= 0.3 is 0 Å². The maximum absolute atomic E-state index is 5.59. The van der Waals surface area contributed by atoms with Crippen molar-refractivity contribution in [2.24, 2.45) is 5.41 Å². The highest BCUT2D eigenvalue weighted by atomic mass is 16.5. The monoisotopic (exact) mass is 201 g/mol. The fourth-order valence-electron chi connectivity index (χ4n) is 1.19. The lowest BCUT2D eigenvalue weighted by molar-refractivity contribution is 0.102. The van der Waals surface area contributed by atoms with Crippen molar-refractivity contribution >= 4 is 0 Å². The molecule has 0 aliphatic carbocycles. The summed E-state index contributed by atoms with van der Waals surface area (Å²) < 4.78 is 5.59. The van der Waals surface area contributed by atoms with Gasteiger partial charge in [0.25, 0.3) is 0 Å². The van der Waals surface area contributed by atoms with Crippen LogP contribution in [0.5, 0.6) is 0 Å². The van der Waals surface area contributed by atoms with Crippen molar-refractivity contribution in [2.45, 2.75) is 53.5 Å². The van der Waals surface area contributed by atoms with Crippen LogP contribution in [0.15, 0.2) is 0 Å². The number of hydrogen-bond acceptors (Lipinski definition) is 2. The van der Waals surface area contributed by atoms with Crippen molar-refractivity contribution in [1.29, 1.82) is 0 Å². The fourth-order valence-corrected chi connectivity index (χ4v) is 1.19. The average molecular weight is 201 g/mol. The van der Waals surface area contributed by atoms with Gasteiger partial charge in [-0.25, -0.2) is 0 Å². The lowest BCUT2D eigenvalue weighted by Gasteiger charge is -2.18.